The third-order valence-corrected chi connectivity index (χ3v) is 0.404. The van der Waals surface area contributed by atoms with E-state index in [2.05, 4.69) is 24.2 Å². The highest BCUT2D eigenvalue weighted by Crippen LogP contribution is 1.71. The monoisotopic (exact) mass is 119 g/mol. The lowest BCUT2D eigenvalue weighted by Gasteiger charge is -1.90. The summed E-state index contributed by atoms with van der Waals surface area (Å²) < 4.78 is 0. The van der Waals surface area contributed by atoms with E-state index in [0.717, 1.165) is 6.08 Å². The summed E-state index contributed by atoms with van der Waals surface area (Å²) in [5, 5.41) is 0. The zero-order valence-corrected chi connectivity index (χ0v) is 4.44. The molecule has 0 aromatic carbocycles. The second-order valence-electron chi connectivity index (χ2n) is 0.717. The minimum Gasteiger partial charge on any atom is -0.356 e. The number of thiol groups is 1. The number of nitrogens with one attached hydrogen (secondary N) is 1. The smallest absolute Gasteiger partial charge is 0.349 e. The van der Waals surface area contributed by atoms with Crippen molar-refractivity contribution in [3.8, 4) is 0 Å². The fourth-order valence-corrected chi connectivity index (χ4v) is 0.177. The number of carbonyl (C=O) groups excluding carboxylic acids is 1. The van der Waals surface area contributed by atoms with Crippen molar-refractivity contribution in [2.45, 2.75) is 0 Å². The van der Waals surface area contributed by atoms with Gasteiger partial charge in [0.1, 0.15) is 0 Å². The van der Waals surface area contributed by atoms with E-state index in [1.807, 2.05) is 4.89 Å². The largest absolute Gasteiger partial charge is 0.356 e. The molecule has 0 aromatic rings. The molecule has 0 bridgehead atoms. The first-order valence-corrected chi connectivity index (χ1v) is 1.98. The molecule has 0 rings (SSSR count). The maximum Gasteiger partial charge on any atom is 0.349 e. The van der Waals surface area contributed by atoms with Crippen molar-refractivity contribution >= 4 is 18.8 Å². The van der Waals surface area contributed by atoms with Crippen molar-refractivity contribution in [3.05, 3.63) is 12.7 Å². The first-order chi connectivity index (χ1) is 3.31. The summed E-state index contributed by atoms with van der Waals surface area (Å²) in [7, 11) is 0. The lowest BCUT2D eigenvalue weighted by molar-refractivity contribution is -0.140. The van der Waals surface area contributed by atoms with Gasteiger partial charge < -0.3 is 4.84 Å². The average molecular weight is 119 g/mol. The van der Waals surface area contributed by atoms with Crippen LogP contribution in [0.5, 0.6) is 0 Å². The molecular formula is C3H5NO2S. The van der Waals surface area contributed by atoms with Crippen molar-refractivity contribution in [2.24, 2.45) is 0 Å². The molecule has 0 aliphatic rings. The molecule has 0 aromatic heterocycles. The highest BCUT2D eigenvalue weighted by atomic mass is 32.1. The molecule has 3 nitrogen and oxygen atoms in total. The van der Waals surface area contributed by atoms with Crippen LogP contribution in [0.1, 0.15) is 0 Å². The zero-order valence-electron chi connectivity index (χ0n) is 3.55. The summed E-state index contributed by atoms with van der Waals surface area (Å²) >= 11 is 3.37. The van der Waals surface area contributed by atoms with Crippen LogP contribution >= 0.6 is 12.8 Å². The van der Waals surface area contributed by atoms with Crippen molar-refractivity contribution in [2.75, 3.05) is 0 Å². The van der Waals surface area contributed by atoms with E-state index >= 15 is 0 Å². The quantitative estimate of drug-likeness (QED) is 0.307. The first-order valence-electron chi connectivity index (χ1n) is 1.53. The van der Waals surface area contributed by atoms with E-state index in [-0.39, 0.29) is 0 Å². The van der Waals surface area contributed by atoms with Crippen LogP contribution in [0.25, 0.3) is 0 Å². The summed E-state index contributed by atoms with van der Waals surface area (Å²) in [5.41, 5.74) is 0. The predicted octanol–water partition coefficient (Wildman–Crippen LogP) is 0.0650. The van der Waals surface area contributed by atoms with Gasteiger partial charge in [0.05, 0.1) is 0 Å². The van der Waals surface area contributed by atoms with E-state index in [4.69, 9.17) is 0 Å². The van der Waals surface area contributed by atoms with Crippen molar-refractivity contribution in [1.29, 1.82) is 0 Å². The fraction of sp³-hybridized carbons (Fsp3) is 0. The number of carbonyl (C=O) groups is 1. The molecule has 0 atom stereocenters. The predicted molar refractivity (Wildman–Crippen MR) is 28.4 cm³/mol. The van der Waals surface area contributed by atoms with Crippen LogP contribution < -0.4 is 4.89 Å². The molecule has 0 amide bonds. The van der Waals surface area contributed by atoms with Gasteiger partial charge in [0.2, 0.25) is 0 Å². The summed E-state index contributed by atoms with van der Waals surface area (Å²) in [5.74, 6) is -0.546. The Morgan fingerprint density at radius 3 is 2.71 bits per heavy atom. The molecule has 0 saturated heterocycles. The average Bonchev–Trinajstić information content (AvgIpc) is 1.68. The SMILES string of the molecule is C=CC(=O)ONS. The van der Waals surface area contributed by atoms with E-state index in [1.54, 1.807) is 0 Å². The molecule has 0 fully saturated rings. The van der Waals surface area contributed by atoms with E-state index in [9.17, 15) is 4.79 Å². The van der Waals surface area contributed by atoms with Crippen LogP contribution in [0.15, 0.2) is 12.7 Å². The third-order valence-electron chi connectivity index (χ3n) is 0.313. The van der Waals surface area contributed by atoms with Crippen molar-refractivity contribution in [1.82, 2.24) is 4.89 Å². The van der Waals surface area contributed by atoms with Gasteiger partial charge in [-0.3, -0.25) is 0 Å². The Labute approximate surface area is 46.8 Å². The Morgan fingerprint density at radius 2 is 2.57 bits per heavy atom. The van der Waals surface area contributed by atoms with E-state index in [0.29, 0.717) is 0 Å². The van der Waals surface area contributed by atoms with Gasteiger partial charge in [-0.25, -0.2) is 4.79 Å². The molecule has 4 heteroatoms. The van der Waals surface area contributed by atoms with Gasteiger partial charge in [0, 0.05) is 6.08 Å². The molecule has 0 radical (unpaired) electrons. The molecule has 40 valence electrons. The van der Waals surface area contributed by atoms with Gasteiger partial charge in [-0.1, -0.05) is 24.3 Å². The van der Waals surface area contributed by atoms with Crippen molar-refractivity contribution in [3.63, 3.8) is 0 Å². The van der Waals surface area contributed by atoms with Gasteiger partial charge in [0.25, 0.3) is 0 Å². The lowest BCUT2D eigenvalue weighted by atomic mass is 10.7. The molecule has 0 heterocycles. The Bertz CT molecular complexity index is 83.0. The zero-order chi connectivity index (χ0) is 5.70. The minimum atomic E-state index is -0.546. The van der Waals surface area contributed by atoms with Crippen LogP contribution in [0, 0.1) is 0 Å². The maximum atomic E-state index is 9.96. The second-order valence-corrected chi connectivity index (χ2v) is 0.899. The topological polar surface area (TPSA) is 38.3 Å². The van der Waals surface area contributed by atoms with E-state index < -0.39 is 5.97 Å². The minimum absolute atomic E-state index is 0.546. The van der Waals surface area contributed by atoms with Crippen LogP contribution in [0.3, 0.4) is 0 Å². The standard InChI is InChI=1S/C3H5NO2S/c1-2-3(5)6-4-7/h2,4,7H,1H2. The third kappa shape index (κ3) is 3.35. The summed E-state index contributed by atoms with van der Waals surface area (Å²) in [6, 6.07) is 0. The van der Waals surface area contributed by atoms with Gasteiger partial charge in [-0.05, 0) is 0 Å². The van der Waals surface area contributed by atoms with Gasteiger partial charge in [0.15, 0.2) is 0 Å². The second kappa shape index (κ2) is 3.70. The van der Waals surface area contributed by atoms with Gasteiger partial charge in [-0.15, -0.1) is 0 Å². The Balaban J connectivity index is 3.17. The van der Waals surface area contributed by atoms with Crippen LogP contribution in [0.2, 0.25) is 0 Å². The highest BCUT2D eigenvalue weighted by molar-refractivity contribution is 7.77. The number of hydrogen-bond acceptors (Lipinski definition) is 4. The molecule has 0 aliphatic heterocycles. The first kappa shape index (κ1) is 6.52. The lowest BCUT2D eigenvalue weighted by Crippen LogP contribution is -2.06. The van der Waals surface area contributed by atoms with Crippen LogP contribution in [0.4, 0.5) is 0 Å². The maximum absolute atomic E-state index is 9.96. The van der Waals surface area contributed by atoms with Crippen LogP contribution in [-0.2, 0) is 9.63 Å². The number of hydrogen-bond donors (Lipinski definition) is 2. The summed E-state index contributed by atoms with van der Waals surface area (Å²) in [6.45, 7) is 3.13. The number of rotatable bonds is 2. The normalized spacial score (nSPS) is 7.57. The highest BCUT2D eigenvalue weighted by Gasteiger charge is 1.87. The molecule has 0 unspecified atom stereocenters. The van der Waals surface area contributed by atoms with Crippen molar-refractivity contribution < 1.29 is 9.63 Å². The van der Waals surface area contributed by atoms with Gasteiger partial charge >= 0.3 is 5.97 Å². The van der Waals surface area contributed by atoms with Gasteiger partial charge in [-0.2, -0.15) is 0 Å². The summed E-state index contributed by atoms with van der Waals surface area (Å²) in [6.07, 6.45) is 1.03. The molecule has 7 heavy (non-hydrogen) atoms. The Kier molecular flexibility index (Phi) is 3.45. The fourth-order valence-electron chi connectivity index (χ4n) is 0.0867. The van der Waals surface area contributed by atoms with Crippen LogP contribution in [-0.4, -0.2) is 5.97 Å². The molecule has 0 spiro atoms. The molecule has 0 saturated carbocycles. The molecule has 0 aliphatic carbocycles. The Hall–Kier alpha value is -0.480. The Morgan fingerprint density at radius 1 is 2.00 bits per heavy atom. The summed E-state index contributed by atoms with van der Waals surface area (Å²) in [4.78, 5) is 15.9. The molecular weight excluding hydrogens is 114 g/mol. The molecule has 1 N–H and O–H groups in total. The van der Waals surface area contributed by atoms with E-state index in [1.165, 1.54) is 0 Å².